The summed E-state index contributed by atoms with van der Waals surface area (Å²) in [4.78, 5) is 14.6. The summed E-state index contributed by atoms with van der Waals surface area (Å²) in [6.07, 6.45) is 2.56. The molecule has 1 amide bonds. The number of carbonyl (C=O) groups excluding carboxylic acids is 1. The van der Waals surface area contributed by atoms with E-state index in [0.717, 1.165) is 42.5 Å². The molecule has 2 aliphatic heterocycles. The third-order valence-corrected chi connectivity index (χ3v) is 4.88. The number of aryl methyl sites for hydroxylation is 3. The Labute approximate surface area is 120 Å². The standard InChI is InChI=1S/C17H23NO2/c1-10-8-11(2)14(12(3)9-10)15-16(19)13-6-4-5-7-18(13)17(15)20/h8-9,13,15-16,19H,4-7H2,1-3H3. The zero-order valence-electron chi connectivity index (χ0n) is 12.5. The van der Waals surface area contributed by atoms with Gasteiger partial charge in [0.1, 0.15) is 0 Å². The van der Waals surface area contributed by atoms with Gasteiger partial charge in [-0.15, -0.1) is 0 Å². The molecule has 2 fully saturated rings. The van der Waals surface area contributed by atoms with Crippen LogP contribution in [0.2, 0.25) is 0 Å². The third-order valence-electron chi connectivity index (χ3n) is 4.88. The van der Waals surface area contributed by atoms with Crippen molar-refractivity contribution in [3.63, 3.8) is 0 Å². The van der Waals surface area contributed by atoms with Gasteiger partial charge in [-0.25, -0.2) is 0 Å². The lowest BCUT2D eigenvalue weighted by Gasteiger charge is -2.30. The summed E-state index contributed by atoms with van der Waals surface area (Å²) in [6, 6.07) is 4.25. The van der Waals surface area contributed by atoms with E-state index in [0.29, 0.717) is 0 Å². The average molecular weight is 273 g/mol. The maximum absolute atomic E-state index is 12.7. The Morgan fingerprint density at radius 1 is 1.15 bits per heavy atom. The zero-order valence-corrected chi connectivity index (χ0v) is 12.5. The zero-order chi connectivity index (χ0) is 14.4. The minimum atomic E-state index is -0.553. The second kappa shape index (κ2) is 4.88. The van der Waals surface area contributed by atoms with Gasteiger partial charge in [-0.2, -0.15) is 0 Å². The normalized spacial score (nSPS) is 29.7. The van der Waals surface area contributed by atoms with Crippen LogP contribution in [0.25, 0.3) is 0 Å². The average Bonchev–Trinajstić information content (AvgIpc) is 2.64. The van der Waals surface area contributed by atoms with Crippen LogP contribution in [-0.4, -0.2) is 34.6 Å². The van der Waals surface area contributed by atoms with Gasteiger partial charge in [0.05, 0.1) is 18.1 Å². The highest BCUT2D eigenvalue weighted by Crippen LogP contribution is 2.40. The second-order valence-corrected chi connectivity index (χ2v) is 6.38. The first-order valence-corrected chi connectivity index (χ1v) is 7.57. The van der Waals surface area contributed by atoms with Crippen LogP contribution >= 0.6 is 0 Å². The highest BCUT2D eigenvalue weighted by Gasteiger charge is 2.49. The van der Waals surface area contributed by atoms with E-state index in [4.69, 9.17) is 0 Å². The molecule has 3 nitrogen and oxygen atoms in total. The van der Waals surface area contributed by atoms with Crippen molar-refractivity contribution in [2.45, 2.75) is 58.1 Å². The Kier molecular flexibility index (Phi) is 3.33. The van der Waals surface area contributed by atoms with E-state index in [1.54, 1.807) is 0 Å². The number of hydrogen-bond donors (Lipinski definition) is 1. The van der Waals surface area contributed by atoms with E-state index < -0.39 is 6.10 Å². The van der Waals surface area contributed by atoms with Crippen molar-refractivity contribution in [3.05, 3.63) is 34.4 Å². The molecular formula is C17H23NO2. The lowest BCUT2D eigenvalue weighted by atomic mass is 9.85. The summed E-state index contributed by atoms with van der Waals surface area (Å²) < 4.78 is 0. The van der Waals surface area contributed by atoms with Crippen molar-refractivity contribution in [1.29, 1.82) is 0 Å². The number of carbonyl (C=O) groups is 1. The van der Waals surface area contributed by atoms with E-state index in [-0.39, 0.29) is 17.9 Å². The fourth-order valence-corrected chi connectivity index (χ4v) is 4.11. The topological polar surface area (TPSA) is 40.5 Å². The Hall–Kier alpha value is -1.35. The van der Waals surface area contributed by atoms with E-state index in [9.17, 15) is 9.90 Å². The molecule has 3 rings (SSSR count). The van der Waals surface area contributed by atoms with Gasteiger partial charge in [-0.3, -0.25) is 4.79 Å². The second-order valence-electron chi connectivity index (χ2n) is 6.38. The van der Waals surface area contributed by atoms with E-state index in [1.165, 1.54) is 5.56 Å². The minimum Gasteiger partial charge on any atom is -0.390 e. The van der Waals surface area contributed by atoms with Gasteiger partial charge in [-0.05, 0) is 56.7 Å². The van der Waals surface area contributed by atoms with Gasteiger partial charge in [0.25, 0.3) is 0 Å². The molecule has 2 saturated heterocycles. The molecular weight excluding hydrogens is 250 g/mol. The predicted molar refractivity (Wildman–Crippen MR) is 78.8 cm³/mol. The molecule has 0 saturated carbocycles. The fraction of sp³-hybridized carbons (Fsp3) is 0.588. The molecule has 1 aromatic carbocycles. The van der Waals surface area contributed by atoms with Gasteiger partial charge < -0.3 is 10.0 Å². The smallest absolute Gasteiger partial charge is 0.233 e. The Balaban J connectivity index is 2.04. The lowest BCUT2D eigenvalue weighted by Crippen LogP contribution is -2.40. The van der Waals surface area contributed by atoms with Crippen LogP contribution < -0.4 is 0 Å². The minimum absolute atomic E-state index is 0.0290. The van der Waals surface area contributed by atoms with Crippen LogP contribution in [0.5, 0.6) is 0 Å². The molecule has 108 valence electrons. The summed E-state index contributed by atoms with van der Waals surface area (Å²) in [5.74, 6) is -0.240. The summed E-state index contributed by atoms with van der Waals surface area (Å²) in [6.45, 7) is 6.97. The molecule has 1 N–H and O–H groups in total. The van der Waals surface area contributed by atoms with Gasteiger partial charge in [-0.1, -0.05) is 17.7 Å². The SMILES string of the molecule is Cc1cc(C)c(C2C(=O)N3CCCCC3C2O)c(C)c1. The lowest BCUT2D eigenvalue weighted by molar-refractivity contribution is -0.130. The summed E-state index contributed by atoms with van der Waals surface area (Å²) >= 11 is 0. The number of hydrogen-bond acceptors (Lipinski definition) is 2. The molecule has 0 aliphatic carbocycles. The molecule has 3 atom stereocenters. The van der Waals surface area contributed by atoms with Gasteiger partial charge in [0.2, 0.25) is 5.91 Å². The van der Waals surface area contributed by atoms with Crippen molar-refractivity contribution >= 4 is 5.91 Å². The van der Waals surface area contributed by atoms with Crippen molar-refractivity contribution in [1.82, 2.24) is 4.90 Å². The maximum atomic E-state index is 12.7. The van der Waals surface area contributed by atoms with Crippen LogP contribution in [0.1, 0.15) is 47.4 Å². The van der Waals surface area contributed by atoms with Crippen LogP contribution in [-0.2, 0) is 4.79 Å². The molecule has 3 unspecified atom stereocenters. The molecule has 2 heterocycles. The first-order chi connectivity index (χ1) is 9.50. The number of piperidine rings is 1. The predicted octanol–water partition coefficient (Wildman–Crippen LogP) is 2.45. The van der Waals surface area contributed by atoms with Crippen LogP contribution in [0.4, 0.5) is 0 Å². The Bertz CT molecular complexity index is 529. The maximum Gasteiger partial charge on any atom is 0.233 e. The van der Waals surface area contributed by atoms with Crippen molar-refractivity contribution in [3.8, 4) is 0 Å². The molecule has 0 spiro atoms. The van der Waals surface area contributed by atoms with Gasteiger partial charge >= 0.3 is 0 Å². The van der Waals surface area contributed by atoms with Crippen molar-refractivity contribution < 1.29 is 9.90 Å². The molecule has 3 heteroatoms. The third kappa shape index (κ3) is 1.96. The number of rotatable bonds is 1. The first-order valence-electron chi connectivity index (χ1n) is 7.57. The monoisotopic (exact) mass is 273 g/mol. The summed E-state index contributed by atoms with van der Waals surface area (Å²) in [5, 5.41) is 10.7. The number of aliphatic hydroxyl groups excluding tert-OH is 1. The van der Waals surface area contributed by atoms with Gasteiger partial charge in [0, 0.05) is 6.54 Å². The fourth-order valence-electron chi connectivity index (χ4n) is 4.11. The highest BCUT2D eigenvalue weighted by atomic mass is 16.3. The quantitative estimate of drug-likeness (QED) is 0.854. The van der Waals surface area contributed by atoms with Crippen molar-refractivity contribution in [2.75, 3.05) is 6.54 Å². The molecule has 2 aliphatic rings. The Morgan fingerprint density at radius 3 is 2.40 bits per heavy atom. The van der Waals surface area contributed by atoms with Gasteiger partial charge in [0.15, 0.2) is 0 Å². The van der Waals surface area contributed by atoms with Crippen LogP contribution in [0, 0.1) is 20.8 Å². The van der Waals surface area contributed by atoms with E-state index in [1.807, 2.05) is 18.7 Å². The van der Waals surface area contributed by atoms with Crippen LogP contribution in [0.3, 0.4) is 0 Å². The van der Waals surface area contributed by atoms with Crippen molar-refractivity contribution in [2.24, 2.45) is 0 Å². The van der Waals surface area contributed by atoms with Crippen LogP contribution in [0.15, 0.2) is 12.1 Å². The summed E-state index contributed by atoms with van der Waals surface area (Å²) in [7, 11) is 0. The first kappa shape index (κ1) is 13.6. The highest BCUT2D eigenvalue weighted by molar-refractivity contribution is 5.88. The number of fused-ring (bicyclic) bond motifs is 1. The molecule has 0 radical (unpaired) electrons. The molecule has 0 bridgehead atoms. The number of nitrogens with zero attached hydrogens (tertiary/aromatic N) is 1. The molecule has 20 heavy (non-hydrogen) atoms. The van der Waals surface area contributed by atoms with E-state index >= 15 is 0 Å². The number of aliphatic hydroxyl groups is 1. The molecule has 1 aromatic rings. The van der Waals surface area contributed by atoms with E-state index in [2.05, 4.69) is 19.1 Å². The largest absolute Gasteiger partial charge is 0.390 e. The molecule has 0 aromatic heterocycles. The number of amides is 1. The summed E-state index contributed by atoms with van der Waals surface area (Å²) in [5.41, 5.74) is 4.50. The Morgan fingerprint density at radius 2 is 1.80 bits per heavy atom. The number of benzene rings is 1.